The van der Waals surface area contributed by atoms with Gasteiger partial charge in [0.05, 0.1) is 6.54 Å². The molecule has 0 spiro atoms. The number of aromatic nitrogens is 1. The van der Waals surface area contributed by atoms with Gasteiger partial charge in [-0.2, -0.15) is 13.2 Å². The molecule has 0 unspecified atom stereocenters. The lowest BCUT2D eigenvalue weighted by Gasteiger charge is -2.19. The summed E-state index contributed by atoms with van der Waals surface area (Å²) in [6.45, 7) is -1.64. The number of carbonyl (C=O) groups excluding carboxylic acids is 2. The number of hydrogen-bond donors (Lipinski definition) is 2. The molecular formula is C12H15F3N4O2. The van der Waals surface area contributed by atoms with Crippen molar-refractivity contribution in [3.8, 4) is 0 Å². The van der Waals surface area contributed by atoms with E-state index < -0.39 is 31.2 Å². The first-order chi connectivity index (χ1) is 9.78. The second kappa shape index (κ2) is 7.46. The molecule has 3 amide bonds. The molecule has 0 saturated carbocycles. The van der Waals surface area contributed by atoms with Crippen LogP contribution in [0.4, 0.5) is 18.0 Å². The van der Waals surface area contributed by atoms with Crippen LogP contribution in [0.25, 0.3) is 0 Å². The van der Waals surface area contributed by atoms with Crippen molar-refractivity contribution in [3.63, 3.8) is 0 Å². The van der Waals surface area contributed by atoms with Crippen LogP contribution in [-0.2, 0) is 11.3 Å². The van der Waals surface area contributed by atoms with Crippen LogP contribution in [0.5, 0.6) is 0 Å². The highest BCUT2D eigenvalue weighted by Gasteiger charge is 2.31. The predicted octanol–water partition coefficient (Wildman–Crippen LogP) is 0.901. The molecule has 1 heterocycles. The van der Waals surface area contributed by atoms with Gasteiger partial charge in [0.1, 0.15) is 6.54 Å². The molecule has 0 saturated heterocycles. The Morgan fingerprint density at radius 1 is 1.24 bits per heavy atom. The molecule has 0 aliphatic heterocycles. The number of urea groups is 1. The van der Waals surface area contributed by atoms with Gasteiger partial charge in [-0.25, -0.2) is 4.79 Å². The van der Waals surface area contributed by atoms with Crippen LogP contribution in [-0.4, -0.2) is 48.1 Å². The molecular weight excluding hydrogens is 289 g/mol. The maximum absolute atomic E-state index is 12.1. The van der Waals surface area contributed by atoms with Gasteiger partial charge in [-0.05, 0) is 17.7 Å². The summed E-state index contributed by atoms with van der Waals surface area (Å²) < 4.78 is 36.2. The standard InChI is InChI=1S/C12H15F3N4O2/c1-19(8-12(13,14)15)10(20)7-18-11(21)17-6-9-2-4-16-5-3-9/h2-5H,6-8H2,1H3,(H2,17,18,21). The van der Waals surface area contributed by atoms with Crippen molar-refractivity contribution >= 4 is 11.9 Å². The molecule has 6 nitrogen and oxygen atoms in total. The maximum Gasteiger partial charge on any atom is 0.406 e. The van der Waals surface area contributed by atoms with Crippen LogP contribution in [0.1, 0.15) is 5.56 Å². The third-order valence-corrected chi connectivity index (χ3v) is 2.44. The number of halogens is 3. The number of hydrogen-bond acceptors (Lipinski definition) is 3. The van der Waals surface area contributed by atoms with E-state index in [1.165, 1.54) is 0 Å². The SMILES string of the molecule is CN(CC(F)(F)F)C(=O)CNC(=O)NCc1ccncc1. The number of nitrogens with zero attached hydrogens (tertiary/aromatic N) is 2. The number of nitrogens with one attached hydrogen (secondary N) is 2. The minimum atomic E-state index is -4.46. The van der Waals surface area contributed by atoms with Gasteiger partial charge in [0.25, 0.3) is 0 Å². The lowest BCUT2D eigenvalue weighted by atomic mass is 10.3. The molecule has 21 heavy (non-hydrogen) atoms. The summed E-state index contributed by atoms with van der Waals surface area (Å²) in [6, 6.07) is 2.76. The molecule has 9 heteroatoms. The summed E-state index contributed by atoms with van der Waals surface area (Å²) in [5.74, 6) is -0.827. The molecule has 0 aliphatic carbocycles. The molecule has 1 aromatic rings. The minimum absolute atomic E-state index is 0.223. The number of amides is 3. The third kappa shape index (κ3) is 7.14. The summed E-state index contributed by atoms with van der Waals surface area (Å²) in [5.41, 5.74) is 0.806. The van der Waals surface area contributed by atoms with E-state index in [-0.39, 0.29) is 6.54 Å². The van der Waals surface area contributed by atoms with Crippen LogP contribution in [0.3, 0.4) is 0 Å². The zero-order chi connectivity index (χ0) is 15.9. The van der Waals surface area contributed by atoms with Gasteiger partial charge in [0.15, 0.2) is 0 Å². The normalized spacial score (nSPS) is 10.9. The monoisotopic (exact) mass is 304 g/mol. The van der Waals surface area contributed by atoms with Crippen molar-refractivity contribution in [1.29, 1.82) is 0 Å². The van der Waals surface area contributed by atoms with Crippen molar-refractivity contribution in [2.24, 2.45) is 0 Å². The Kier molecular flexibility index (Phi) is 5.94. The molecule has 0 fully saturated rings. The van der Waals surface area contributed by atoms with Gasteiger partial charge in [-0.3, -0.25) is 9.78 Å². The molecule has 0 atom stereocenters. The number of alkyl halides is 3. The lowest BCUT2D eigenvalue weighted by molar-refractivity contribution is -0.157. The van der Waals surface area contributed by atoms with Gasteiger partial charge in [0.2, 0.25) is 5.91 Å². The number of likely N-dealkylation sites (N-methyl/N-ethyl adjacent to an activating group) is 1. The Morgan fingerprint density at radius 3 is 2.43 bits per heavy atom. The molecule has 0 bridgehead atoms. The Balaban J connectivity index is 2.28. The zero-order valence-corrected chi connectivity index (χ0v) is 11.3. The van der Waals surface area contributed by atoms with Crippen LogP contribution in [0.15, 0.2) is 24.5 Å². The van der Waals surface area contributed by atoms with Crippen molar-refractivity contribution in [2.45, 2.75) is 12.7 Å². The van der Waals surface area contributed by atoms with Gasteiger partial charge in [-0.1, -0.05) is 0 Å². The topological polar surface area (TPSA) is 74.3 Å². The van der Waals surface area contributed by atoms with Gasteiger partial charge < -0.3 is 15.5 Å². The number of pyridine rings is 1. The van der Waals surface area contributed by atoms with E-state index in [0.29, 0.717) is 4.90 Å². The molecule has 116 valence electrons. The number of carbonyl (C=O) groups is 2. The van der Waals surface area contributed by atoms with Crippen molar-refractivity contribution in [3.05, 3.63) is 30.1 Å². The summed E-state index contributed by atoms with van der Waals surface area (Å²) in [5, 5.41) is 4.67. The quantitative estimate of drug-likeness (QED) is 0.849. The zero-order valence-electron chi connectivity index (χ0n) is 11.3. The molecule has 1 aromatic heterocycles. The van der Waals surface area contributed by atoms with E-state index in [9.17, 15) is 22.8 Å². The lowest BCUT2D eigenvalue weighted by Crippen LogP contribution is -2.44. The fourth-order valence-corrected chi connectivity index (χ4v) is 1.39. The molecule has 0 aromatic carbocycles. The Labute approximate surface area is 119 Å². The smallest absolute Gasteiger partial charge is 0.335 e. The summed E-state index contributed by atoms with van der Waals surface area (Å²) in [6.07, 6.45) is -1.34. The number of rotatable bonds is 5. The van der Waals surface area contributed by atoms with E-state index in [2.05, 4.69) is 15.6 Å². The van der Waals surface area contributed by atoms with Crippen LogP contribution in [0, 0.1) is 0 Å². The van der Waals surface area contributed by atoms with E-state index in [4.69, 9.17) is 0 Å². The van der Waals surface area contributed by atoms with Crippen LogP contribution in [0.2, 0.25) is 0 Å². The Bertz CT molecular complexity index is 479. The van der Waals surface area contributed by atoms with Crippen molar-refractivity contribution < 1.29 is 22.8 Å². The van der Waals surface area contributed by atoms with Gasteiger partial charge in [0, 0.05) is 26.0 Å². The van der Waals surface area contributed by atoms with Gasteiger partial charge in [-0.15, -0.1) is 0 Å². The second-order valence-corrected chi connectivity index (χ2v) is 4.26. The van der Waals surface area contributed by atoms with E-state index >= 15 is 0 Å². The Morgan fingerprint density at radius 2 is 1.86 bits per heavy atom. The molecule has 0 radical (unpaired) electrons. The largest absolute Gasteiger partial charge is 0.406 e. The van der Waals surface area contributed by atoms with Crippen LogP contribution < -0.4 is 10.6 Å². The average Bonchev–Trinajstić information content (AvgIpc) is 2.41. The highest BCUT2D eigenvalue weighted by Crippen LogP contribution is 2.15. The minimum Gasteiger partial charge on any atom is -0.335 e. The highest BCUT2D eigenvalue weighted by atomic mass is 19.4. The molecule has 0 aliphatic rings. The summed E-state index contributed by atoms with van der Waals surface area (Å²) in [7, 11) is 1.02. The van der Waals surface area contributed by atoms with Crippen molar-refractivity contribution in [1.82, 2.24) is 20.5 Å². The fourth-order valence-electron chi connectivity index (χ4n) is 1.39. The predicted molar refractivity (Wildman–Crippen MR) is 68.2 cm³/mol. The van der Waals surface area contributed by atoms with Crippen molar-refractivity contribution in [2.75, 3.05) is 20.1 Å². The summed E-state index contributed by atoms with van der Waals surface area (Å²) in [4.78, 5) is 27.1. The summed E-state index contributed by atoms with van der Waals surface area (Å²) >= 11 is 0. The van der Waals surface area contributed by atoms with E-state index in [1.54, 1.807) is 24.5 Å². The molecule has 2 N–H and O–H groups in total. The second-order valence-electron chi connectivity index (χ2n) is 4.26. The molecule has 1 rings (SSSR count). The first-order valence-electron chi connectivity index (χ1n) is 5.99. The fraction of sp³-hybridized carbons (Fsp3) is 0.417. The average molecular weight is 304 g/mol. The third-order valence-electron chi connectivity index (χ3n) is 2.44. The van der Waals surface area contributed by atoms with Crippen LogP contribution >= 0.6 is 0 Å². The van der Waals surface area contributed by atoms with E-state index in [1.807, 2.05) is 0 Å². The van der Waals surface area contributed by atoms with E-state index in [0.717, 1.165) is 12.6 Å². The van der Waals surface area contributed by atoms with Gasteiger partial charge >= 0.3 is 12.2 Å². The maximum atomic E-state index is 12.1. The first-order valence-corrected chi connectivity index (χ1v) is 5.99. The Hall–Kier alpha value is -2.32. The first kappa shape index (κ1) is 16.7. The highest BCUT2D eigenvalue weighted by molar-refractivity contribution is 5.83.